The van der Waals surface area contributed by atoms with Gasteiger partial charge in [0.05, 0.1) is 26.3 Å². The molecule has 3 aromatic rings. The van der Waals surface area contributed by atoms with E-state index in [9.17, 15) is 0 Å². The van der Waals surface area contributed by atoms with Crippen molar-refractivity contribution < 1.29 is 14.0 Å². The summed E-state index contributed by atoms with van der Waals surface area (Å²) in [5, 5.41) is 4.17. The Bertz CT molecular complexity index is 945. The Hall–Kier alpha value is -2.38. The van der Waals surface area contributed by atoms with E-state index in [2.05, 4.69) is 63.0 Å². The Balaban J connectivity index is 1.83. The molecule has 0 N–H and O–H groups in total. The van der Waals surface area contributed by atoms with Crippen LogP contribution in [-0.4, -0.2) is 35.8 Å². The topological polar surface area (TPSA) is 60.6 Å². The highest BCUT2D eigenvalue weighted by Crippen LogP contribution is 2.32. The zero-order valence-corrected chi connectivity index (χ0v) is 18.8. The smallest absolute Gasteiger partial charge is 0.241 e. The molecule has 2 aromatic carbocycles. The summed E-state index contributed by atoms with van der Waals surface area (Å²) >= 11 is 3.66. The van der Waals surface area contributed by atoms with Crippen molar-refractivity contribution in [2.45, 2.75) is 32.9 Å². The van der Waals surface area contributed by atoms with Crippen molar-refractivity contribution in [1.29, 1.82) is 0 Å². The van der Waals surface area contributed by atoms with Crippen LogP contribution in [0.15, 0.2) is 51.5 Å². The summed E-state index contributed by atoms with van der Waals surface area (Å²) in [6.07, 6.45) is 1.03. The second-order valence-corrected chi connectivity index (χ2v) is 7.60. The van der Waals surface area contributed by atoms with Gasteiger partial charge in [-0.25, -0.2) is 0 Å². The number of halogens is 1. The van der Waals surface area contributed by atoms with Crippen LogP contribution in [0.1, 0.15) is 37.8 Å². The second-order valence-electron chi connectivity index (χ2n) is 6.75. The largest absolute Gasteiger partial charge is 0.497 e. The van der Waals surface area contributed by atoms with Gasteiger partial charge < -0.3 is 14.0 Å². The number of rotatable bonds is 9. The zero-order valence-electron chi connectivity index (χ0n) is 17.2. The molecule has 0 saturated heterocycles. The van der Waals surface area contributed by atoms with E-state index in [4.69, 9.17) is 14.0 Å². The third-order valence-corrected chi connectivity index (χ3v) is 5.59. The fraction of sp³-hybridized carbons (Fsp3) is 0.364. The fourth-order valence-corrected chi connectivity index (χ4v) is 3.91. The molecule has 0 aliphatic carbocycles. The van der Waals surface area contributed by atoms with Crippen LogP contribution in [0.5, 0.6) is 11.5 Å². The van der Waals surface area contributed by atoms with Crippen molar-refractivity contribution in [3.05, 3.63) is 58.4 Å². The molecule has 0 amide bonds. The van der Waals surface area contributed by atoms with Crippen LogP contribution in [0.3, 0.4) is 0 Å². The van der Waals surface area contributed by atoms with Gasteiger partial charge in [-0.15, -0.1) is 0 Å². The van der Waals surface area contributed by atoms with E-state index in [0.717, 1.165) is 23.0 Å². The molecule has 1 atom stereocenters. The molecule has 154 valence electrons. The van der Waals surface area contributed by atoms with Crippen molar-refractivity contribution in [3.8, 4) is 22.9 Å². The molecule has 0 aliphatic rings. The van der Waals surface area contributed by atoms with Gasteiger partial charge in [0.25, 0.3) is 0 Å². The monoisotopic (exact) mass is 459 g/mol. The molecule has 0 spiro atoms. The molecule has 1 unspecified atom stereocenters. The first-order valence-corrected chi connectivity index (χ1v) is 10.4. The maximum absolute atomic E-state index is 5.57. The molecule has 0 aliphatic heterocycles. The van der Waals surface area contributed by atoms with Crippen LogP contribution in [-0.2, 0) is 6.54 Å². The van der Waals surface area contributed by atoms with Gasteiger partial charge in [-0.3, -0.25) is 4.90 Å². The number of aromatic nitrogens is 2. The minimum atomic E-state index is 0.205. The van der Waals surface area contributed by atoms with E-state index >= 15 is 0 Å². The Labute approximate surface area is 180 Å². The summed E-state index contributed by atoms with van der Waals surface area (Å²) in [5.74, 6) is 2.43. The van der Waals surface area contributed by atoms with Crippen LogP contribution in [0, 0.1) is 0 Å². The SMILES string of the molecule is CCCN(Cc1nc(-c2ccc(OC)cc2OC)no1)C(C)c1ccccc1Br. The molecule has 3 rings (SSSR count). The standard InChI is InChI=1S/C22H26BrN3O3/c1-5-12-26(15(2)17-8-6-7-9-19(17)23)14-21-24-22(25-29-21)18-11-10-16(27-3)13-20(18)28-4/h6-11,13,15H,5,12,14H2,1-4H3. The van der Waals surface area contributed by atoms with Crippen LogP contribution in [0.2, 0.25) is 0 Å². The molecule has 1 heterocycles. The Kier molecular flexibility index (Phi) is 7.28. The predicted octanol–water partition coefficient (Wildman–Crippen LogP) is 5.49. The minimum absolute atomic E-state index is 0.205. The van der Waals surface area contributed by atoms with E-state index in [1.54, 1.807) is 14.2 Å². The Morgan fingerprint density at radius 2 is 1.93 bits per heavy atom. The highest BCUT2D eigenvalue weighted by molar-refractivity contribution is 9.10. The average molecular weight is 460 g/mol. The fourth-order valence-electron chi connectivity index (χ4n) is 3.29. The summed E-state index contributed by atoms with van der Waals surface area (Å²) in [5.41, 5.74) is 2.00. The molecule has 1 aromatic heterocycles. The maximum atomic E-state index is 5.57. The van der Waals surface area contributed by atoms with E-state index in [-0.39, 0.29) is 6.04 Å². The van der Waals surface area contributed by atoms with Crippen molar-refractivity contribution in [3.63, 3.8) is 0 Å². The lowest BCUT2D eigenvalue weighted by atomic mass is 10.1. The lowest BCUT2D eigenvalue weighted by Crippen LogP contribution is -2.27. The van der Waals surface area contributed by atoms with Crippen molar-refractivity contribution in [2.75, 3.05) is 20.8 Å². The number of ether oxygens (including phenoxy) is 2. The summed E-state index contributed by atoms with van der Waals surface area (Å²) in [4.78, 5) is 6.95. The second kappa shape index (κ2) is 9.89. The van der Waals surface area contributed by atoms with Gasteiger partial charge in [0.2, 0.25) is 11.7 Å². The summed E-state index contributed by atoms with van der Waals surface area (Å²) in [6, 6.07) is 14.0. The highest BCUT2D eigenvalue weighted by Gasteiger charge is 2.21. The van der Waals surface area contributed by atoms with Crippen LogP contribution >= 0.6 is 15.9 Å². The van der Waals surface area contributed by atoms with E-state index in [0.29, 0.717) is 29.8 Å². The number of benzene rings is 2. The number of hydrogen-bond acceptors (Lipinski definition) is 6. The first-order valence-electron chi connectivity index (χ1n) is 9.60. The third-order valence-electron chi connectivity index (χ3n) is 4.87. The quantitative estimate of drug-likeness (QED) is 0.421. The maximum Gasteiger partial charge on any atom is 0.241 e. The highest BCUT2D eigenvalue weighted by atomic mass is 79.9. The van der Waals surface area contributed by atoms with Gasteiger partial charge in [-0.05, 0) is 43.7 Å². The first-order chi connectivity index (χ1) is 14.1. The van der Waals surface area contributed by atoms with Gasteiger partial charge in [-0.1, -0.05) is 46.2 Å². The molecular weight excluding hydrogens is 434 g/mol. The summed E-state index contributed by atoms with van der Waals surface area (Å²) in [6.45, 7) is 5.86. The van der Waals surface area contributed by atoms with E-state index in [1.807, 2.05) is 24.3 Å². The van der Waals surface area contributed by atoms with Gasteiger partial charge in [0, 0.05) is 16.6 Å². The molecule has 0 saturated carbocycles. The Morgan fingerprint density at radius 3 is 2.62 bits per heavy atom. The molecular formula is C22H26BrN3O3. The zero-order chi connectivity index (χ0) is 20.8. The average Bonchev–Trinajstić information content (AvgIpc) is 3.21. The summed E-state index contributed by atoms with van der Waals surface area (Å²) in [7, 11) is 3.23. The van der Waals surface area contributed by atoms with Crippen molar-refractivity contribution in [1.82, 2.24) is 15.0 Å². The first kappa shape index (κ1) is 21.3. The van der Waals surface area contributed by atoms with Crippen LogP contribution < -0.4 is 9.47 Å². The molecule has 6 nitrogen and oxygen atoms in total. The molecule has 7 heteroatoms. The number of hydrogen-bond donors (Lipinski definition) is 0. The predicted molar refractivity (Wildman–Crippen MR) is 116 cm³/mol. The van der Waals surface area contributed by atoms with Gasteiger partial charge >= 0.3 is 0 Å². The molecule has 0 radical (unpaired) electrons. The lowest BCUT2D eigenvalue weighted by molar-refractivity contribution is 0.175. The number of methoxy groups -OCH3 is 2. The van der Waals surface area contributed by atoms with Crippen LogP contribution in [0.25, 0.3) is 11.4 Å². The van der Waals surface area contributed by atoms with Gasteiger partial charge in [-0.2, -0.15) is 4.98 Å². The molecule has 29 heavy (non-hydrogen) atoms. The molecule has 0 bridgehead atoms. The van der Waals surface area contributed by atoms with Gasteiger partial charge in [0.15, 0.2) is 0 Å². The Morgan fingerprint density at radius 1 is 1.14 bits per heavy atom. The normalized spacial score (nSPS) is 12.2. The summed E-state index contributed by atoms with van der Waals surface area (Å²) < 4.78 is 17.4. The van der Waals surface area contributed by atoms with Crippen molar-refractivity contribution >= 4 is 15.9 Å². The van der Waals surface area contributed by atoms with Crippen molar-refractivity contribution in [2.24, 2.45) is 0 Å². The lowest BCUT2D eigenvalue weighted by Gasteiger charge is -2.28. The van der Waals surface area contributed by atoms with Gasteiger partial charge in [0.1, 0.15) is 11.5 Å². The minimum Gasteiger partial charge on any atom is -0.497 e. The molecule has 0 fully saturated rings. The van der Waals surface area contributed by atoms with E-state index < -0.39 is 0 Å². The number of nitrogens with zero attached hydrogens (tertiary/aromatic N) is 3. The van der Waals surface area contributed by atoms with Crippen LogP contribution in [0.4, 0.5) is 0 Å². The van der Waals surface area contributed by atoms with E-state index in [1.165, 1.54) is 5.56 Å². The third kappa shape index (κ3) is 4.97.